The number of allylic oxidation sites excluding steroid dienone is 1. The van der Waals surface area contributed by atoms with E-state index in [-0.39, 0.29) is 12.0 Å². The molecule has 0 fully saturated rings. The van der Waals surface area contributed by atoms with E-state index in [1.165, 1.54) is 0 Å². The molecule has 2 N–H and O–H groups in total. The van der Waals surface area contributed by atoms with E-state index in [1.807, 2.05) is 6.08 Å². The van der Waals surface area contributed by atoms with Gasteiger partial charge in [-0.15, -0.1) is 6.58 Å². The number of carboxylic acid groups (broad SMARTS) is 1. The minimum Gasteiger partial charge on any atom is -0.480 e. The molecule has 0 unspecified atom stereocenters. The molecule has 0 aliphatic carbocycles. The first kappa shape index (κ1) is 18.8. The van der Waals surface area contributed by atoms with Crippen molar-refractivity contribution >= 4 is 11.9 Å². The van der Waals surface area contributed by atoms with Crippen LogP contribution in [0.3, 0.4) is 0 Å². The van der Waals surface area contributed by atoms with E-state index < -0.39 is 29.6 Å². The van der Waals surface area contributed by atoms with Crippen LogP contribution in [-0.4, -0.2) is 23.0 Å². The van der Waals surface area contributed by atoms with Crippen molar-refractivity contribution in [3.8, 4) is 0 Å². The van der Waals surface area contributed by atoms with Gasteiger partial charge in [0.15, 0.2) is 0 Å². The number of hydrogen-bond donors (Lipinski definition) is 2. The van der Waals surface area contributed by atoms with Gasteiger partial charge >= 0.3 is 5.97 Å². The van der Waals surface area contributed by atoms with Crippen molar-refractivity contribution in [3.05, 3.63) is 48.1 Å². The summed E-state index contributed by atoms with van der Waals surface area (Å²) in [5, 5.41) is 11.4. The lowest BCUT2D eigenvalue weighted by atomic mass is 10.1. The molecule has 0 spiro atoms. The van der Waals surface area contributed by atoms with E-state index in [0.717, 1.165) is 37.8 Å². The second-order valence-electron chi connectivity index (χ2n) is 5.30. The molecule has 0 aliphatic rings. The number of amides is 1. The van der Waals surface area contributed by atoms with Crippen LogP contribution in [0.25, 0.3) is 0 Å². The summed E-state index contributed by atoms with van der Waals surface area (Å²) in [4.78, 5) is 23.1. The van der Waals surface area contributed by atoms with Gasteiger partial charge in [-0.3, -0.25) is 4.79 Å². The quantitative estimate of drug-likeness (QED) is 0.509. The van der Waals surface area contributed by atoms with E-state index in [4.69, 9.17) is 5.11 Å². The Morgan fingerprint density at radius 3 is 2.30 bits per heavy atom. The van der Waals surface area contributed by atoms with Crippen LogP contribution in [0.15, 0.2) is 30.9 Å². The Morgan fingerprint density at radius 1 is 1.13 bits per heavy atom. The standard InChI is InChI=1S/C17H21F2NO3/c1-2-3-4-5-6-7-8-15(17(22)23)20-16(21)12-9-13(18)11-14(19)10-12/h2,9-11,15H,1,3-8H2,(H,20,21)(H,22,23)/t15-/m1/s1. The molecule has 0 heterocycles. The number of unbranched alkanes of at least 4 members (excludes halogenated alkanes) is 4. The van der Waals surface area contributed by atoms with Gasteiger partial charge in [0.25, 0.3) is 5.91 Å². The van der Waals surface area contributed by atoms with Crippen molar-refractivity contribution in [3.63, 3.8) is 0 Å². The smallest absolute Gasteiger partial charge is 0.326 e. The highest BCUT2D eigenvalue weighted by molar-refractivity contribution is 5.96. The van der Waals surface area contributed by atoms with Crippen LogP contribution in [0.4, 0.5) is 8.78 Å². The van der Waals surface area contributed by atoms with Crippen LogP contribution >= 0.6 is 0 Å². The van der Waals surface area contributed by atoms with Crippen LogP contribution in [-0.2, 0) is 4.79 Å². The highest BCUT2D eigenvalue weighted by Gasteiger charge is 2.20. The fourth-order valence-corrected chi connectivity index (χ4v) is 2.17. The van der Waals surface area contributed by atoms with Crippen molar-refractivity contribution in [2.75, 3.05) is 0 Å². The number of rotatable bonds is 10. The second-order valence-corrected chi connectivity index (χ2v) is 5.30. The Kier molecular flexibility index (Phi) is 7.94. The van der Waals surface area contributed by atoms with Gasteiger partial charge in [0.05, 0.1) is 0 Å². The Morgan fingerprint density at radius 2 is 1.74 bits per heavy atom. The van der Waals surface area contributed by atoms with E-state index >= 15 is 0 Å². The molecule has 126 valence electrons. The lowest BCUT2D eigenvalue weighted by Crippen LogP contribution is -2.40. The van der Waals surface area contributed by atoms with Crippen molar-refractivity contribution in [2.24, 2.45) is 0 Å². The molecule has 0 bridgehead atoms. The van der Waals surface area contributed by atoms with Gasteiger partial charge in [-0.25, -0.2) is 13.6 Å². The molecule has 4 nitrogen and oxygen atoms in total. The second kappa shape index (κ2) is 9.71. The number of carboxylic acids is 1. The molecule has 6 heteroatoms. The third-order valence-electron chi connectivity index (χ3n) is 3.38. The normalized spacial score (nSPS) is 11.7. The number of aliphatic carboxylic acids is 1. The fourth-order valence-electron chi connectivity index (χ4n) is 2.17. The number of carbonyl (C=O) groups excluding carboxylic acids is 1. The van der Waals surface area contributed by atoms with Crippen LogP contribution in [0, 0.1) is 11.6 Å². The van der Waals surface area contributed by atoms with Crippen molar-refractivity contribution in [1.29, 1.82) is 0 Å². The van der Waals surface area contributed by atoms with E-state index in [1.54, 1.807) is 0 Å². The summed E-state index contributed by atoms with van der Waals surface area (Å²) < 4.78 is 26.2. The number of halogens is 2. The summed E-state index contributed by atoms with van der Waals surface area (Å²) in [7, 11) is 0. The van der Waals surface area contributed by atoms with Crippen LogP contribution in [0.2, 0.25) is 0 Å². The lowest BCUT2D eigenvalue weighted by molar-refractivity contribution is -0.139. The largest absolute Gasteiger partial charge is 0.480 e. The zero-order valence-corrected chi connectivity index (χ0v) is 12.9. The topological polar surface area (TPSA) is 66.4 Å². The van der Waals surface area contributed by atoms with E-state index in [2.05, 4.69) is 11.9 Å². The molecule has 1 amide bonds. The molecule has 0 aliphatic heterocycles. The van der Waals surface area contributed by atoms with Gasteiger partial charge in [-0.05, 0) is 31.4 Å². The molecule has 0 saturated carbocycles. The molecule has 23 heavy (non-hydrogen) atoms. The minimum atomic E-state index is -1.17. The Bertz CT molecular complexity index is 541. The lowest BCUT2D eigenvalue weighted by Gasteiger charge is -2.14. The molecule has 1 aromatic rings. The monoisotopic (exact) mass is 325 g/mol. The molecular formula is C17H21F2NO3. The predicted octanol–water partition coefficient (Wildman–Crippen LogP) is 3.67. The van der Waals surface area contributed by atoms with Crippen LogP contribution < -0.4 is 5.32 Å². The molecule has 1 aromatic carbocycles. The predicted molar refractivity (Wildman–Crippen MR) is 83.1 cm³/mol. The third kappa shape index (κ3) is 7.04. The van der Waals surface area contributed by atoms with Crippen molar-refractivity contribution < 1.29 is 23.5 Å². The highest BCUT2D eigenvalue weighted by Crippen LogP contribution is 2.11. The summed E-state index contributed by atoms with van der Waals surface area (Å²) in [6.45, 7) is 3.63. The number of carbonyl (C=O) groups is 2. The molecule has 1 rings (SSSR count). The maximum atomic E-state index is 13.1. The highest BCUT2D eigenvalue weighted by atomic mass is 19.1. The van der Waals surface area contributed by atoms with Crippen LogP contribution in [0.5, 0.6) is 0 Å². The number of hydrogen-bond acceptors (Lipinski definition) is 2. The first-order chi connectivity index (χ1) is 10.9. The SMILES string of the molecule is C=CCCCCCC[C@@H](NC(=O)c1cc(F)cc(F)c1)C(=O)O. The average molecular weight is 325 g/mol. The van der Waals surface area contributed by atoms with Crippen molar-refractivity contribution in [1.82, 2.24) is 5.32 Å². The summed E-state index contributed by atoms with van der Waals surface area (Å²) in [6, 6.07) is 1.31. The summed E-state index contributed by atoms with van der Waals surface area (Å²) in [5.74, 6) is -3.74. The zero-order valence-electron chi connectivity index (χ0n) is 12.9. The summed E-state index contributed by atoms with van der Waals surface area (Å²) >= 11 is 0. The number of nitrogens with one attached hydrogen (secondary N) is 1. The van der Waals surface area contributed by atoms with Gasteiger partial charge in [-0.2, -0.15) is 0 Å². The van der Waals surface area contributed by atoms with Gasteiger partial charge in [0, 0.05) is 11.6 Å². The zero-order chi connectivity index (χ0) is 17.2. The maximum absolute atomic E-state index is 13.1. The molecule has 0 saturated heterocycles. The summed E-state index contributed by atoms with van der Waals surface area (Å²) in [6.07, 6.45) is 6.47. The van der Waals surface area contributed by atoms with Gasteiger partial charge in [-0.1, -0.05) is 25.3 Å². The van der Waals surface area contributed by atoms with Gasteiger partial charge in [0.1, 0.15) is 17.7 Å². The maximum Gasteiger partial charge on any atom is 0.326 e. The van der Waals surface area contributed by atoms with E-state index in [9.17, 15) is 18.4 Å². The minimum absolute atomic E-state index is 0.236. The van der Waals surface area contributed by atoms with E-state index in [0.29, 0.717) is 12.5 Å². The molecular weight excluding hydrogens is 304 g/mol. The average Bonchev–Trinajstić information content (AvgIpc) is 2.48. The fraction of sp³-hybridized carbons (Fsp3) is 0.412. The van der Waals surface area contributed by atoms with Gasteiger partial charge < -0.3 is 10.4 Å². The van der Waals surface area contributed by atoms with Crippen LogP contribution in [0.1, 0.15) is 48.9 Å². The molecule has 0 aromatic heterocycles. The number of benzene rings is 1. The molecule has 0 radical (unpaired) electrons. The Labute approximate surface area is 134 Å². The Hall–Kier alpha value is -2.24. The molecule has 1 atom stereocenters. The van der Waals surface area contributed by atoms with Crippen molar-refractivity contribution in [2.45, 2.75) is 44.6 Å². The first-order valence-corrected chi connectivity index (χ1v) is 7.54. The Balaban J connectivity index is 2.53. The van der Waals surface area contributed by atoms with Gasteiger partial charge in [0.2, 0.25) is 0 Å². The summed E-state index contributed by atoms with van der Waals surface area (Å²) in [5.41, 5.74) is -0.236. The third-order valence-corrected chi connectivity index (χ3v) is 3.38. The first-order valence-electron chi connectivity index (χ1n) is 7.54.